The van der Waals surface area contributed by atoms with Crippen molar-refractivity contribution in [2.75, 3.05) is 19.1 Å². The molecule has 0 unspecified atom stereocenters. The first-order valence-corrected chi connectivity index (χ1v) is 12.6. The van der Waals surface area contributed by atoms with Crippen LogP contribution in [0.1, 0.15) is 18.1 Å². The molecular weight excluding hydrogens is 473 g/mol. The summed E-state index contributed by atoms with van der Waals surface area (Å²) in [7, 11) is -3.10. The van der Waals surface area contributed by atoms with Gasteiger partial charge in [0.25, 0.3) is 5.91 Å². The number of carbonyl (C=O) groups excluding carboxylic acids is 3. The van der Waals surface area contributed by atoms with E-state index in [1.165, 1.54) is 43.1 Å². The molecule has 2 aromatic rings. The van der Waals surface area contributed by atoms with Gasteiger partial charge in [0.1, 0.15) is 16.8 Å². The topological polar surface area (TPSA) is 131 Å². The van der Waals surface area contributed by atoms with Crippen LogP contribution in [0.4, 0.5) is 9.18 Å². The normalized spacial score (nSPS) is 12.9. The van der Waals surface area contributed by atoms with E-state index in [-0.39, 0.29) is 12.0 Å². The Morgan fingerprint density at radius 3 is 2.30 bits per heavy atom. The number of amides is 3. The molecule has 0 saturated heterocycles. The number of thioether (sulfide) groups is 1. The Kier molecular flexibility index (Phi) is 9.82. The molecule has 0 aliphatic carbocycles. The zero-order valence-electron chi connectivity index (χ0n) is 17.9. The lowest BCUT2D eigenvalue weighted by atomic mass is 10.1. The molecule has 33 heavy (non-hydrogen) atoms. The van der Waals surface area contributed by atoms with Gasteiger partial charge >= 0.3 is 12.0 Å². The third kappa shape index (κ3) is 7.55. The van der Waals surface area contributed by atoms with Crippen molar-refractivity contribution in [3.8, 4) is 0 Å². The van der Waals surface area contributed by atoms with E-state index >= 15 is 0 Å². The smallest absolute Gasteiger partial charge is 0.325 e. The summed E-state index contributed by atoms with van der Waals surface area (Å²) in [6, 6.07) is 10.5. The van der Waals surface area contributed by atoms with Gasteiger partial charge < -0.3 is 10.1 Å². The van der Waals surface area contributed by atoms with Crippen molar-refractivity contribution in [1.82, 2.24) is 15.4 Å². The van der Waals surface area contributed by atoms with Crippen LogP contribution in [0, 0.1) is 5.82 Å². The van der Waals surface area contributed by atoms with Gasteiger partial charge in [-0.1, -0.05) is 42.5 Å². The fraction of sp³-hybridized carbons (Fsp3) is 0.286. The molecule has 0 aliphatic rings. The third-order valence-electron chi connectivity index (χ3n) is 4.36. The van der Waals surface area contributed by atoms with Crippen LogP contribution in [-0.2, 0) is 24.3 Å². The van der Waals surface area contributed by atoms with Gasteiger partial charge in [-0.2, -0.15) is 16.5 Å². The molecule has 2 atom stereocenters. The standard InChI is InChI=1S/C21H24FN3O6S2/c1-23-21(28)24-19(26)18(14-8-4-3-5-9-14)31-20(27)16(12-13-32-2)25-33(29,30)17-11-7-6-10-15(17)22/h3-11,16,18,25H,12-13H2,1-2H3,(H2,23,24,26,28)/t16-,18-/m1/s1. The average Bonchev–Trinajstić information content (AvgIpc) is 2.80. The van der Waals surface area contributed by atoms with Crippen molar-refractivity contribution in [3.05, 3.63) is 66.0 Å². The van der Waals surface area contributed by atoms with Gasteiger partial charge in [-0.25, -0.2) is 17.6 Å². The lowest BCUT2D eigenvalue weighted by molar-refractivity contribution is -0.157. The maximum atomic E-state index is 14.1. The molecule has 0 spiro atoms. The predicted octanol–water partition coefficient (Wildman–Crippen LogP) is 1.97. The molecule has 0 bridgehead atoms. The summed E-state index contributed by atoms with van der Waals surface area (Å²) in [5.74, 6) is -2.58. The van der Waals surface area contributed by atoms with Crippen molar-refractivity contribution in [2.24, 2.45) is 0 Å². The van der Waals surface area contributed by atoms with Crippen LogP contribution in [0.5, 0.6) is 0 Å². The van der Waals surface area contributed by atoms with Crippen LogP contribution in [0.15, 0.2) is 59.5 Å². The Morgan fingerprint density at radius 1 is 1.06 bits per heavy atom. The van der Waals surface area contributed by atoms with Crippen LogP contribution in [0.2, 0.25) is 0 Å². The second kappa shape index (κ2) is 12.3. The Labute approximate surface area is 195 Å². The molecule has 2 rings (SSSR count). The van der Waals surface area contributed by atoms with Gasteiger partial charge in [0.2, 0.25) is 16.1 Å². The van der Waals surface area contributed by atoms with E-state index in [1.807, 2.05) is 5.32 Å². The van der Waals surface area contributed by atoms with E-state index in [2.05, 4.69) is 10.0 Å². The average molecular weight is 498 g/mol. The maximum absolute atomic E-state index is 14.1. The van der Waals surface area contributed by atoms with Crippen molar-refractivity contribution in [1.29, 1.82) is 0 Å². The van der Waals surface area contributed by atoms with E-state index in [0.717, 1.165) is 12.1 Å². The number of rotatable bonds is 10. The van der Waals surface area contributed by atoms with E-state index in [0.29, 0.717) is 5.75 Å². The summed E-state index contributed by atoms with van der Waals surface area (Å²) in [4.78, 5) is 36.5. The van der Waals surface area contributed by atoms with Gasteiger partial charge in [-0.05, 0) is 30.6 Å². The van der Waals surface area contributed by atoms with Gasteiger partial charge in [-0.3, -0.25) is 14.9 Å². The van der Waals surface area contributed by atoms with Gasteiger partial charge in [0, 0.05) is 12.6 Å². The summed E-state index contributed by atoms with van der Waals surface area (Å²) >= 11 is 1.36. The first-order valence-electron chi connectivity index (χ1n) is 9.73. The van der Waals surface area contributed by atoms with Crippen molar-refractivity contribution in [2.45, 2.75) is 23.5 Å². The van der Waals surface area contributed by atoms with Gasteiger partial charge in [-0.15, -0.1) is 0 Å². The van der Waals surface area contributed by atoms with Crippen LogP contribution in [0.3, 0.4) is 0 Å². The minimum atomic E-state index is -4.41. The monoisotopic (exact) mass is 497 g/mol. The quantitative estimate of drug-likeness (QED) is 0.428. The zero-order valence-corrected chi connectivity index (χ0v) is 19.5. The predicted molar refractivity (Wildman–Crippen MR) is 121 cm³/mol. The Morgan fingerprint density at radius 2 is 1.70 bits per heavy atom. The molecule has 0 aliphatic heterocycles. The summed E-state index contributed by atoms with van der Waals surface area (Å²) < 4.78 is 47.0. The maximum Gasteiger partial charge on any atom is 0.325 e. The van der Waals surface area contributed by atoms with Crippen molar-refractivity contribution >= 4 is 39.7 Å². The fourth-order valence-electron chi connectivity index (χ4n) is 2.71. The number of hydrogen-bond donors (Lipinski definition) is 3. The number of hydrogen-bond acceptors (Lipinski definition) is 7. The van der Waals surface area contributed by atoms with Gasteiger partial charge in [0.05, 0.1) is 0 Å². The van der Waals surface area contributed by atoms with E-state index in [1.54, 1.807) is 24.5 Å². The third-order valence-corrected chi connectivity index (χ3v) is 6.51. The molecule has 9 nitrogen and oxygen atoms in total. The molecule has 0 radical (unpaired) electrons. The second-order valence-electron chi connectivity index (χ2n) is 6.68. The van der Waals surface area contributed by atoms with Crippen molar-refractivity contribution < 1.29 is 31.9 Å². The highest BCUT2D eigenvalue weighted by Gasteiger charge is 2.33. The highest BCUT2D eigenvalue weighted by atomic mass is 32.2. The van der Waals surface area contributed by atoms with Crippen LogP contribution < -0.4 is 15.4 Å². The summed E-state index contributed by atoms with van der Waals surface area (Å²) in [5, 5.41) is 4.26. The number of esters is 1. The van der Waals surface area contributed by atoms with Crippen LogP contribution >= 0.6 is 11.8 Å². The highest BCUT2D eigenvalue weighted by Crippen LogP contribution is 2.21. The molecule has 0 fully saturated rings. The number of urea groups is 1. The Bertz CT molecular complexity index is 1080. The summed E-state index contributed by atoms with van der Waals surface area (Å²) in [5.41, 5.74) is 0.271. The van der Waals surface area contributed by atoms with E-state index in [4.69, 9.17) is 4.74 Å². The number of imide groups is 1. The van der Waals surface area contributed by atoms with Gasteiger partial charge in [0.15, 0.2) is 0 Å². The fourth-order valence-corrected chi connectivity index (χ4v) is 4.48. The Hall–Kier alpha value is -2.96. The lowest BCUT2D eigenvalue weighted by Crippen LogP contribution is -2.45. The largest absolute Gasteiger partial charge is 0.446 e. The van der Waals surface area contributed by atoms with E-state index < -0.39 is 50.8 Å². The zero-order chi connectivity index (χ0) is 24.4. The first-order chi connectivity index (χ1) is 15.7. The first kappa shape index (κ1) is 26.3. The number of benzene rings is 2. The van der Waals surface area contributed by atoms with E-state index in [9.17, 15) is 27.2 Å². The van der Waals surface area contributed by atoms with Crippen molar-refractivity contribution in [3.63, 3.8) is 0 Å². The number of ether oxygens (including phenoxy) is 1. The molecular formula is C21H24FN3O6S2. The molecule has 3 amide bonds. The number of nitrogens with one attached hydrogen (secondary N) is 3. The second-order valence-corrected chi connectivity index (χ2v) is 9.35. The summed E-state index contributed by atoms with van der Waals surface area (Å²) in [6.45, 7) is 0. The number of sulfonamides is 1. The Balaban J connectivity index is 2.31. The van der Waals surface area contributed by atoms with Crippen LogP contribution in [-0.4, -0.2) is 51.4 Å². The minimum absolute atomic E-state index is 0.0201. The molecule has 0 heterocycles. The molecule has 12 heteroatoms. The molecule has 0 aromatic heterocycles. The molecule has 3 N–H and O–H groups in total. The highest BCUT2D eigenvalue weighted by molar-refractivity contribution is 7.98. The number of halogens is 1. The lowest BCUT2D eigenvalue weighted by Gasteiger charge is -2.22. The molecule has 178 valence electrons. The number of carbonyl (C=O) groups is 3. The summed E-state index contributed by atoms with van der Waals surface area (Å²) in [6.07, 6.45) is 0.259. The van der Waals surface area contributed by atoms with Crippen LogP contribution in [0.25, 0.3) is 0 Å². The molecule has 2 aromatic carbocycles. The minimum Gasteiger partial charge on any atom is -0.446 e. The SMILES string of the molecule is CNC(=O)NC(=O)[C@H](OC(=O)[C@@H](CCSC)NS(=O)(=O)c1ccccc1F)c1ccccc1. The molecule has 0 saturated carbocycles.